The van der Waals surface area contributed by atoms with Gasteiger partial charge in [-0.2, -0.15) is 4.98 Å². The summed E-state index contributed by atoms with van der Waals surface area (Å²) in [5, 5.41) is 16.0. The number of rotatable bonds is 6. The lowest BCUT2D eigenvalue weighted by atomic mass is 10.1. The van der Waals surface area contributed by atoms with Crippen LogP contribution in [0.2, 0.25) is 0 Å². The van der Waals surface area contributed by atoms with Gasteiger partial charge >= 0.3 is 0 Å². The fourth-order valence-corrected chi connectivity index (χ4v) is 4.13. The van der Waals surface area contributed by atoms with Crippen molar-refractivity contribution in [3.8, 4) is 16.5 Å². The van der Waals surface area contributed by atoms with E-state index in [-0.39, 0.29) is 11.7 Å². The molecule has 1 fully saturated rings. The second kappa shape index (κ2) is 8.75. The zero-order valence-electron chi connectivity index (χ0n) is 16.4. The molecule has 1 aliphatic rings. The molecule has 2 aromatic heterocycles. The summed E-state index contributed by atoms with van der Waals surface area (Å²) in [4.78, 5) is 22.3. The van der Waals surface area contributed by atoms with Crippen LogP contribution in [0, 0.1) is 6.92 Å². The lowest BCUT2D eigenvalue weighted by Crippen LogP contribution is -2.48. The van der Waals surface area contributed by atoms with Crippen molar-refractivity contribution < 1.29 is 14.4 Å². The van der Waals surface area contributed by atoms with Gasteiger partial charge < -0.3 is 14.5 Å². The minimum absolute atomic E-state index is 0.0458. The van der Waals surface area contributed by atoms with Crippen molar-refractivity contribution in [1.29, 1.82) is 0 Å². The molecular formula is C21H24N4O3S. The van der Waals surface area contributed by atoms with Gasteiger partial charge in [-0.1, -0.05) is 22.9 Å². The van der Waals surface area contributed by atoms with E-state index in [2.05, 4.69) is 15.0 Å². The first kappa shape index (κ1) is 19.6. The summed E-state index contributed by atoms with van der Waals surface area (Å²) < 4.78 is 5.35. The largest absolute Gasteiger partial charge is 0.507 e. The maximum atomic E-state index is 12.7. The number of nitrogens with zero attached hydrogens (tertiary/aromatic N) is 4. The Morgan fingerprint density at radius 3 is 2.83 bits per heavy atom. The van der Waals surface area contributed by atoms with Gasteiger partial charge in [0.05, 0.1) is 10.4 Å². The molecule has 0 atom stereocenters. The Bertz CT molecular complexity index is 962. The zero-order valence-corrected chi connectivity index (χ0v) is 17.2. The monoisotopic (exact) mass is 412 g/mol. The minimum Gasteiger partial charge on any atom is -0.507 e. The van der Waals surface area contributed by atoms with E-state index in [1.165, 1.54) is 0 Å². The van der Waals surface area contributed by atoms with Crippen LogP contribution in [0.15, 0.2) is 40.2 Å². The number of amides is 1. The van der Waals surface area contributed by atoms with E-state index >= 15 is 0 Å². The highest BCUT2D eigenvalue weighted by Gasteiger charge is 2.24. The number of aromatic nitrogens is 2. The Morgan fingerprint density at radius 2 is 2.07 bits per heavy atom. The molecule has 4 rings (SSSR count). The van der Waals surface area contributed by atoms with E-state index in [9.17, 15) is 9.90 Å². The van der Waals surface area contributed by atoms with Gasteiger partial charge in [-0.05, 0) is 43.5 Å². The standard InChI is InChI=1S/C21H24N4O3S/c1-15-6-7-17(26)16(14-15)21(27)25-11-9-24(10-12-25)8-2-5-19-22-20(23-28-19)18-4-3-13-29-18/h3-4,6-7,13-14,26H,2,5,8-12H2,1H3. The van der Waals surface area contributed by atoms with Gasteiger partial charge in [0.25, 0.3) is 5.91 Å². The molecule has 8 heteroatoms. The van der Waals surface area contributed by atoms with Crippen LogP contribution >= 0.6 is 11.3 Å². The predicted molar refractivity (Wildman–Crippen MR) is 111 cm³/mol. The summed E-state index contributed by atoms with van der Waals surface area (Å²) in [6, 6.07) is 9.09. The van der Waals surface area contributed by atoms with E-state index in [1.54, 1.807) is 29.5 Å². The fraction of sp³-hybridized carbons (Fsp3) is 0.381. The summed E-state index contributed by atoms with van der Waals surface area (Å²) in [7, 11) is 0. The highest BCUT2D eigenvalue weighted by molar-refractivity contribution is 7.13. The van der Waals surface area contributed by atoms with Crippen molar-refractivity contribution in [3.63, 3.8) is 0 Å². The van der Waals surface area contributed by atoms with Gasteiger partial charge in [-0.3, -0.25) is 9.69 Å². The Kier molecular flexibility index (Phi) is 5.92. The van der Waals surface area contributed by atoms with Crippen LogP contribution in [0.5, 0.6) is 5.75 Å². The lowest BCUT2D eigenvalue weighted by molar-refractivity contribution is 0.0632. The first-order valence-electron chi connectivity index (χ1n) is 9.78. The summed E-state index contributed by atoms with van der Waals surface area (Å²) in [6.45, 7) is 5.81. The summed E-state index contributed by atoms with van der Waals surface area (Å²) in [6.07, 6.45) is 1.67. The van der Waals surface area contributed by atoms with Crippen molar-refractivity contribution in [1.82, 2.24) is 19.9 Å². The molecule has 0 unspecified atom stereocenters. The Hall–Kier alpha value is -2.71. The number of thiophene rings is 1. The molecule has 0 radical (unpaired) electrons. The van der Waals surface area contributed by atoms with Crippen LogP contribution in [0.25, 0.3) is 10.7 Å². The number of carbonyl (C=O) groups excluding carboxylic acids is 1. The third kappa shape index (κ3) is 4.65. The Morgan fingerprint density at radius 1 is 1.24 bits per heavy atom. The number of hydrogen-bond acceptors (Lipinski definition) is 7. The van der Waals surface area contributed by atoms with Crippen molar-refractivity contribution >= 4 is 17.2 Å². The number of hydrogen-bond donors (Lipinski definition) is 1. The van der Waals surface area contributed by atoms with E-state index < -0.39 is 0 Å². The number of phenols is 1. The topological polar surface area (TPSA) is 82.7 Å². The highest BCUT2D eigenvalue weighted by Crippen LogP contribution is 2.22. The molecule has 1 N–H and O–H groups in total. The third-order valence-corrected chi connectivity index (χ3v) is 5.98. The molecule has 0 bridgehead atoms. The minimum atomic E-state index is -0.0992. The normalized spacial score (nSPS) is 15.0. The van der Waals surface area contributed by atoms with Gasteiger partial charge in [0.1, 0.15) is 5.75 Å². The van der Waals surface area contributed by atoms with E-state index in [0.29, 0.717) is 30.4 Å². The van der Waals surface area contributed by atoms with Crippen LogP contribution in [0.1, 0.15) is 28.2 Å². The van der Waals surface area contributed by atoms with Crippen LogP contribution < -0.4 is 0 Å². The average Bonchev–Trinajstić information content (AvgIpc) is 3.42. The number of aromatic hydroxyl groups is 1. The van der Waals surface area contributed by atoms with Crippen LogP contribution in [0.4, 0.5) is 0 Å². The first-order valence-corrected chi connectivity index (χ1v) is 10.7. The first-order chi connectivity index (χ1) is 14.1. The van der Waals surface area contributed by atoms with Gasteiger partial charge in [-0.25, -0.2) is 0 Å². The molecule has 0 spiro atoms. The molecule has 7 nitrogen and oxygen atoms in total. The molecular weight excluding hydrogens is 388 g/mol. The van der Waals surface area contributed by atoms with Crippen LogP contribution in [0.3, 0.4) is 0 Å². The van der Waals surface area contributed by atoms with E-state index in [1.807, 2.05) is 29.3 Å². The van der Waals surface area contributed by atoms with Gasteiger partial charge in [0.15, 0.2) is 0 Å². The smallest absolute Gasteiger partial charge is 0.257 e. The van der Waals surface area contributed by atoms with Crippen LogP contribution in [-0.4, -0.2) is 63.7 Å². The molecule has 3 aromatic rings. The summed E-state index contributed by atoms with van der Waals surface area (Å²) in [5.74, 6) is 1.26. The number of aryl methyl sites for hydroxylation is 2. The van der Waals surface area contributed by atoms with Crippen molar-refractivity contribution in [2.24, 2.45) is 0 Å². The van der Waals surface area contributed by atoms with E-state index in [4.69, 9.17) is 4.52 Å². The second-order valence-corrected chi connectivity index (χ2v) is 8.19. The molecule has 0 saturated carbocycles. The predicted octanol–water partition coefficient (Wildman–Crippen LogP) is 3.20. The number of carbonyl (C=O) groups is 1. The molecule has 1 amide bonds. The van der Waals surface area contributed by atoms with Crippen molar-refractivity contribution in [2.45, 2.75) is 19.8 Å². The van der Waals surface area contributed by atoms with Crippen LogP contribution in [-0.2, 0) is 6.42 Å². The zero-order chi connectivity index (χ0) is 20.2. The number of phenolic OH excluding ortho intramolecular Hbond substituents is 1. The highest BCUT2D eigenvalue weighted by atomic mass is 32.1. The summed E-state index contributed by atoms with van der Waals surface area (Å²) >= 11 is 1.60. The SMILES string of the molecule is Cc1ccc(O)c(C(=O)N2CCN(CCCc3nc(-c4cccs4)no3)CC2)c1. The quantitative estimate of drug-likeness (QED) is 0.669. The van der Waals surface area contributed by atoms with Gasteiger partial charge in [0, 0.05) is 32.6 Å². The molecule has 0 aliphatic carbocycles. The average molecular weight is 413 g/mol. The maximum Gasteiger partial charge on any atom is 0.257 e. The Balaban J connectivity index is 1.23. The molecule has 29 heavy (non-hydrogen) atoms. The number of piperazine rings is 1. The van der Waals surface area contributed by atoms with Crippen molar-refractivity contribution in [3.05, 3.63) is 52.7 Å². The molecule has 152 valence electrons. The third-order valence-electron chi connectivity index (χ3n) is 5.12. The Labute approximate surface area is 173 Å². The summed E-state index contributed by atoms with van der Waals surface area (Å²) in [5.41, 5.74) is 1.35. The fourth-order valence-electron chi connectivity index (χ4n) is 3.48. The molecule has 3 heterocycles. The second-order valence-electron chi connectivity index (χ2n) is 7.25. The number of benzene rings is 1. The van der Waals surface area contributed by atoms with Gasteiger partial charge in [0.2, 0.25) is 11.7 Å². The lowest BCUT2D eigenvalue weighted by Gasteiger charge is -2.34. The molecule has 1 aromatic carbocycles. The maximum absolute atomic E-state index is 12.7. The van der Waals surface area contributed by atoms with Gasteiger partial charge in [-0.15, -0.1) is 11.3 Å². The van der Waals surface area contributed by atoms with Crippen molar-refractivity contribution in [2.75, 3.05) is 32.7 Å². The molecule has 1 saturated heterocycles. The molecule has 1 aliphatic heterocycles. The van der Waals surface area contributed by atoms with E-state index in [0.717, 1.165) is 42.9 Å².